The molecule has 0 heterocycles. The van der Waals surface area contributed by atoms with Gasteiger partial charge in [0.2, 0.25) is 0 Å². The highest BCUT2D eigenvalue weighted by Gasteiger charge is 2.10. The summed E-state index contributed by atoms with van der Waals surface area (Å²) in [7, 11) is 0. The first-order valence-corrected chi connectivity index (χ1v) is 6.67. The van der Waals surface area contributed by atoms with Crippen LogP contribution in [0.3, 0.4) is 0 Å². The molecule has 0 atom stereocenters. The zero-order valence-electron chi connectivity index (χ0n) is 11.3. The Morgan fingerprint density at radius 1 is 1.33 bits per heavy atom. The molecule has 0 unspecified atom stereocenters. The van der Waals surface area contributed by atoms with Gasteiger partial charge >= 0.3 is 5.97 Å². The molecule has 0 aromatic heterocycles. The van der Waals surface area contributed by atoms with Crippen molar-refractivity contribution in [2.75, 3.05) is 17.7 Å². The van der Waals surface area contributed by atoms with Gasteiger partial charge in [-0.1, -0.05) is 11.6 Å². The van der Waals surface area contributed by atoms with Crippen LogP contribution in [-0.4, -0.2) is 12.6 Å². The topological polar surface area (TPSA) is 64.3 Å². The second-order valence-corrected chi connectivity index (χ2v) is 4.74. The minimum Gasteiger partial charge on any atom is -0.462 e. The molecule has 2 aromatic carbocycles. The Morgan fingerprint density at radius 3 is 2.76 bits per heavy atom. The number of carbonyl (C=O) groups excluding carboxylic acids is 1. The van der Waals surface area contributed by atoms with Crippen molar-refractivity contribution in [3.63, 3.8) is 0 Å². The predicted molar refractivity (Wildman–Crippen MR) is 81.5 cm³/mol. The van der Waals surface area contributed by atoms with E-state index in [0.29, 0.717) is 22.6 Å². The molecule has 0 radical (unpaired) electrons. The number of nitrogen functional groups attached to an aromatic ring is 1. The third-order valence-corrected chi connectivity index (χ3v) is 2.92. The smallest absolute Gasteiger partial charge is 0.338 e. The number of nitrogens with two attached hydrogens (primary N) is 1. The van der Waals surface area contributed by atoms with Gasteiger partial charge in [0, 0.05) is 10.7 Å². The number of hydrogen-bond donors (Lipinski definition) is 2. The highest BCUT2D eigenvalue weighted by atomic mass is 35.5. The summed E-state index contributed by atoms with van der Waals surface area (Å²) < 4.78 is 18.2. The van der Waals surface area contributed by atoms with Crippen molar-refractivity contribution < 1.29 is 13.9 Å². The summed E-state index contributed by atoms with van der Waals surface area (Å²) in [5.41, 5.74) is 7.54. The first-order chi connectivity index (χ1) is 9.99. The van der Waals surface area contributed by atoms with Crippen molar-refractivity contribution in [1.29, 1.82) is 0 Å². The van der Waals surface area contributed by atoms with Crippen LogP contribution in [0.1, 0.15) is 17.3 Å². The first-order valence-electron chi connectivity index (χ1n) is 6.29. The van der Waals surface area contributed by atoms with Crippen LogP contribution in [0.5, 0.6) is 0 Å². The summed E-state index contributed by atoms with van der Waals surface area (Å²) in [5.74, 6) is -0.914. The normalized spacial score (nSPS) is 10.2. The van der Waals surface area contributed by atoms with Crippen molar-refractivity contribution in [2.45, 2.75) is 6.92 Å². The number of carbonyl (C=O) groups is 1. The van der Waals surface area contributed by atoms with Crippen LogP contribution in [-0.2, 0) is 4.74 Å². The number of esters is 1. The lowest BCUT2D eigenvalue weighted by atomic mass is 10.1. The van der Waals surface area contributed by atoms with E-state index in [2.05, 4.69) is 5.32 Å². The number of halogens is 2. The fourth-order valence-electron chi connectivity index (χ4n) is 1.79. The van der Waals surface area contributed by atoms with Crippen LogP contribution in [0.2, 0.25) is 5.02 Å². The van der Waals surface area contributed by atoms with Gasteiger partial charge < -0.3 is 15.8 Å². The number of anilines is 3. The quantitative estimate of drug-likeness (QED) is 0.662. The van der Waals surface area contributed by atoms with E-state index < -0.39 is 11.8 Å². The second kappa shape index (κ2) is 6.45. The summed E-state index contributed by atoms with van der Waals surface area (Å²) in [6.45, 7) is 2.01. The number of hydrogen-bond acceptors (Lipinski definition) is 4. The van der Waals surface area contributed by atoms with E-state index in [0.717, 1.165) is 0 Å². The van der Waals surface area contributed by atoms with Crippen LogP contribution < -0.4 is 11.1 Å². The predicted octanol–water partition coefficient (Wildman–Crippen LogP) is 3.98. The fraction of sp³-hybridized carbons (Fsp3) is 0.133. The van der Waals surface area contributed by atoms with E-state index in [1.165, 1.54) is 12.1 Å². The molecule has 0 bridgehead atoms. The maximum Gasteiger partial charge on any atom is 0.338 e. The number of benzene rings is 2. The molecule has 4 nitrogen and oxygen atoms in total. The molecular weight excluding hydrogens is 295 g/mol. The monoisotopic (exact) mass is 308 g/mol. The SMILES string of the molecule is CCOC(=O)c1ccc(N)c(Nc2cc(F)cc(Cl)c2)c1. The molecule has 0 aliphatic heterocycles. The van der Waals surface area contributed by atoms with Crippen LogP contribution in [0.4, 0.5) is 21.5 Å². The average molecular weight is 309 g/mol. The Kier molecular flexibility index (Phi) is 4.65. The molecule has 0 spiro atoms. The zero-order valence-corrected chi connectivity index (χ0v) is 12.1. The number of rotatable bonds is 4. The van der Waals surface area contributed by atoms with Crippen molar-refractivity contribution in [2.24, 2.45) is 0 Å². The number of nitrogens with one attached hydrogen (secondary N) is 1. The van der Waals surface area contributed by atoms with E-state index in [9.17, 15) is 9.18 Å². The summed E-state index contributed by atoms with van der Waals surface area (Å²) >= 11 is 5.79. The average Bonchev–Trinajstić information content (AvgIpc) is 2.40. The second-order valence-electron chi connectivity index (χ2n) is 4.31. The molecular formula is C15H14ClFN2O2. The lowest BCUT2D eigenvalue weighted by Gasteiger charge is -2.11. The van der Waals surface area contributed by atoms with Gasteiger partial charge in [-0.15, -0.1) is 0 Å². The third kappa shape index (κ3) is 3.86. The van der Waals surface area contributed by atoms with Crippen LogP contribution in [0, 0.1) is 5.82 Å². The molecule has 110 valence electrons. The van der Waals surface area contributed by atoms with Gasteiger partial charge in [-0.3, -0.25) is 0 Å². The van der Waals surface area contributed by atoms with Crippen molar-refractivity contribution >= 4 is 34.6 Å². The summed E-state index contributed by atoms with van der Waals surface area (Å²) in [6, 6.07) is 8.73. The maximum atomic E-state index is 13.3. The molecule has 0 aliphatic carbocycles. The van der Waals surface area contributed by atoms with Crippen LogP contribution in [0.15, 0.2) is 36.4 Å². The molecule has 0 aliphatic rings. The van der Waals surface area contributed by atoms with Crippen molar-refractivity contribution in [3.05, 3.63) is 52.8 Å². The minimum atomic E-state index is -0.467. The van der Waals surface area contributed by atoms with E-state index in [4.69, 9.17) is 22.1 Å². The van der Waals surface area contributed by atoms with E-state index in [-0.39, 0.29) is 11.6 Å². The molecule has 0 amide bonds. The summed E-state index contributed by atoms with van der Waals surface area (Å²) in [6.07, 6.45) is 0. The lowest BCUT2D eigenvalue weighted by molar-refractivity contribution is 0.0526. The Bertz CT molecular complexity index is 656. The maximum absolute atomic E-state index is 13.3. The van der Waals surface area contributed by atoms with E-state index >= 15 is 0 Å². The first kappa shape index (κ1) is 15.1. The third-order valence-electron chi connectivity index (χ3n) is 2.71. The van der Waals surface area contributed by atoms with E-state index in [1.54, 1.807) is 31.2 Å². The summed E-state index contributed by atoms with van der Waals surface area (Å²) in [5, 5.41) is 3.20. The van der Waals surface area contributed by atoms with E-state index in [1.807, 2.05) is 0 Å². The molecule has 21 heavy (non-hydrogen) atoms. The summed E-state index contributed by atoms with van der Waals surface area (Å²) in [4.78, 5) is 11.7. The Morgan fingerprint density at radius 2 is 2.10 bits per heavy atom. The molecule has 0 saturated carbocycles. The van der Waals surface area contributed by atoms with Gasteiger partial charge in [-0.25, -0.2) is 9.18 Å². The molecule has 6 heteroatoms. The molecule has 2 aromatic rings. The minimum absolute atomic E-state index is 0.262. The number of ether oxygens (including phenoxy) is 1. The van der Waals surface area contributed by atoms with Crippen molar-refractivity contribution in [1.82, 2.24) is 0 Å². The lowest BCUT2D eigenvalue weighted by Crippen LogP contribution is -2.06. The fourth-order valence-corrected chi connectivity index (χ4v) is 2.01. The van der Waals surface area contributed by atoms with Crippen LogP contribution in [0.25, 0.3) is 0 Å². The van der Waals surface area contributed by atoms with Gasteiger partial charge in [0.25, 0.3) is 0 Å². The highest BCUT2D eigenvalue weighted by molar-refractivity contribution is 6.30. The highest BCUT2D eigenvalue weighted by Crippen LogP contribution is 2.27. The zero-order chi connectivity index (χ0) is 15.4. The van der Waals surface area contributed by atoms with Gasteiger partial charge in [0.15, 0.2) is 0 Å². The van der Waals surface area contributed by atoms with Crippen LogP contribution >= 0.6 is 11.6 Å². The Balaban J connectivity index is 2.30. The van der Waals surface area contributed by atoms with Gasteiger partial charge in [0.1, 0.15) is 5.82 Å². The molecule has 2 rings (SSSR count). The van der Waals surface area contributed by atoms with Gasteiger partial charge in [-0.05, 0) is 43.3 Å². The molecule has 0 fully saturated rings. The largest absolute Gasteiger partial charge is 0.462 e. The Hall–Kier alpha value is -2.27. The molecule has 3 N–H and O–H groups in total. The van der Waals surface area contributed by atoms with Gasteiger partial charge in [0.05, 0.1) is 23.5 Å². The van der Waals surface area contributed by atoms with Gasteiger partial charge in [-0.2, -0.15) is 0 Å². The van der Waals surface area contributed by atoms with Crippen molar-refractivity contribution in [3.8, 4) is 0 Å². The standard InChI is InChI=1S/C15H14ClFN2O2/c1-2-21-15(20)9-3-4-13(18)14(5-9)19-12-7-10(16)6-11(17)8-12/h3-8,19H,2,18H2,1H3. The molecule has 0 saturated heterocycles. The Labute approximate surface area is 126 Å².